The normalized spacial score (nSPS) is 9.88. The lowest BCUT2D eigenvalue weighted by atomic mass is 10.2. The molecule has 1 amide bonds. The summed E-state index contributed by atoms with van der Waals surface area (Å²) >= 11 is 6.59. The van der Waals surface area contributed by atoms with Gasteiger partial charge in [0.1, 0.15) is 0 Å². The highest BCUT2D eigenvalue weighted by Crippen LogP contribution is 2.32. The van der Waals surface area contributed by atoms with Crippen molar-refractivity contribution in [1.29, 1.82) is 0 Å². The number of nitrogens with one attached hydrogen (secondary N) is 1. The smallest absolute Gasteiger partial charge is 0.338 e. The van der Waals surface area contributed by atoms with Gasteiger partial charge in [-0.15, -0.1) is 0 Å². The Morgan fingerprint density at radius 2 is 1.82 bits per heavy atom. The van der Waals surface area contributed by atoms with Gasteiger partial charge in [0.05, 0.1) is 17.9 Å². The van der Waals surface area contributed by atoms with Gasteiger partial charge < -0.3 is 10.1 Å². The van der Waals surface area contributed by atoms with Crippen molar-refractivity contribution in [1.82, 2.24) is 0 Å². The van der Waals surface area contributed by atoms with Crippen LogP contribution in [0.3, 0.4) is 0 Å². The van der Waals surface area contributed by atoms with Crippen LogP contribution in [0.15, 0.2) is 21.1 Å². The summed E-state index contributed by atoms with van der Waals surface area (Å²) in [6, 6.07) is 3.21. The summed E-state index contributed by atoms with van der Waals surface area (Å²) in [5.74, 6) is -0.585. The maximum absolute atomic E-state index is 11.5. The van der Waals surface area contributed by atoms with E-state index in [1.54, 1.807) is 19.1 Å². The van der Waals surface area contributed by atoms with E-state index in [0.717, 1.165) is 0 Å². The first-order chi connectivity index (χ1) is 7.95. The third kappa shape index (κ3) is 3.81. The highest BCUT2D eigenvalue weighted by Gasteiger charge is 2.13. The monoisotopic (exact) mass is 363 g/mol. The lowest BCUT2D eigenvalue weighted by molar-refractivity contribution is -0.114. The zero-order chi connectivity index (χ0) is 13.0. The van der Waals surface area contributed by atoms with Gasteiger partial charge in [-0.3, -0.25) is 4.79 Å². The SMILES string of the molecule is CCOC(=O)c1cc(Br)c(NC(C)=O)c(Br)c1. The molecule has 1 N–H and O–H groups in total. The maximum atomic E-state index is 11.5. The molecule has 17 heavy (non-hydrogen) atoms. The van der Waals surface area contributed by atoms with Gasteiger partial charge in [0.25, 0.3) is 0 Å². The van der Waals surface area contributed by atoms with Crippen molar-refractivity contribution in [2.45, 2.75) is 13.8 Å². The first-order valence-corrected chi connectivity index (χ1v) is 6.48. The summed E-state index contributed by atoms with van der Waals surface area (Å²) in [4.78, 5) is 22.5. The molecule has 0 saturated carbocycles. The van der Waals surface area contributed by atoms with Gasteiger partial charge in [0.2, 0.25) is 5.91 Å². The minimum atomic E-state index is -0.400. The molecule has 0 unspecified atom stereocenters. The maximum Gasteiger partial charge on any atom is 0.338 e. The van der Waals surface area contributed by atoms with Crippen LogP contribution in [0.2, 0.25) is 0 Å². The number of carbonyl (C=O) groups excluding carboxylic acids is 2. The highest BCUT2D eigenvalue weighted by atomic mass is 79.9. The molecule has 0 aliphatic carbocycles. The molecule has 0 radical (unpaired) electrons. The number of hydrogen-bond donors (Lipinski definition) is 1. The Labute approximate surface area is 116 Å². The number of rotatable bonds is 3. The Bertz CT molecular complexity index is 437. The zero-order valence-corrected chi connectivity index (χ0v) is 12.5. The summed E-state index contributed by atoms with van der Waals surface area (Å²) in [5.41, 5.74) is 1.00. The molecule has 92 valence electrons. The molecule has 0 heterocycles. The first-order valence-electron chi connectivity index (χ1n) is 4.89. The van der Waals surface area contributed by atoms with Crippen molar-refractivity contribution in [3.63, 3.8) is 0 Å². The third-order valence-corrected chi connectivity index (χ3v) is 3.11. The number of esters is 1. The molecule has 1 aromatic carbocycles. The standard InChI is InChI=1S/C11H11Br2NO3/c1-3-17-11(16)7-4-8(12)10(9(13)5-7)14-6(2)15/h4-5H,3H2,1-2H3,(H,14,15). The molecule has 6 heteroatoms. The van der Waals surface area contributed by atoms with Gasteiger partial charge in [-0.2, -0.15) is 0 Å². The average molecular weight is 365 g/mol. The Balaban J connectivity index is 3.09. The van der Waals surface area contributed by atoms with Crippen LogP contribution in [0.25, 0.3) is 0 Å². The van der Waals surface area contributed by atoms with Gasteiger partial charge in [-0.05, 0) is 50.9 Å². The topological polar surface area (TPSA) is 55.4 Å². The number of carbonyl (C=O) groups is 2. The fourth-order valence-electron chi connectivity index (χ4n) is 1.20. The minimum Gasteiger partial charge on any atom is -0.462 e. The van der Waals surface area contributed by atoms with Gasteiger partial charge in [-0.1, -0.05) is 0 Å². The number of hydrogen-bond acceptors (Lipinski definition) is 3. The molecule has 0 atom stereocenters. The van der Waals surface area contributed by atoms with Crippen molar-refractivity contribution in [3.05, 3.63) is 26.6 Å². The van der Waals surface area contributed by atoms with Crippen LogP contribution in [0, 0.1) is 0 Å². The molecular weight excluding hydrogens is 354 g/mol. The quantitative estimate of drug-likeness (QED) is 0.837. The molecule has 1 rings (SSSR count). The highest BCUT2D eigenvalue weighted by molar-refractivity contribution is 9.11. The van der Waals surface area contributed by atoms with Crippen LogP contribution >= 0.6 is 31.9 Å². The van der Waals surface area contributed by atoms with Crippen LogP contribution in [-0.4, -0.2) is 18.5 Å². The van der Waals surface area contributed by atoms with E-state index < -0.39 is 5.97 Å². The summed E-state index contributed by atoms with van der Waals surface area (Å²) in [7, 11) is 0. The Morgan fingerprint density at radius 3 is 2.24 bits per heavy atom. The minimum absolute atomic E-state index is 0.185. The van der Waals surface area contributed by atoms with Crippen molar-refractivity contribution >= 4 is 49.4 Å². The number of anilines is 1. The van der Waals surface area contributed by atoms with E-state index in [9.17, 15) is 9.59 Å². The number of benzene rings is 1. The summed E-state index contributed by atoms with van der Waals surface area (Å²) in [6.45, 7) is 3.48. The van der Waals surface area contributed by atoms with E-state index in [2.05, 4.69) is 37.2 Å². The third-order valence-electron chi connectivity index (χ3n) is 1.85. The second kappa shape index (κ2) is 6.16. The molecular formula is C11H11Br2NO3. The van der Waals surface area contributed by atoms with Crippen molar-refractivity contribution < 1.29 is 14.3 Å². The molecule has 1 aromatic rings. The summed E-state index contributed by atoms with van der Waals surface area (Å²) < 4.78 is 6.12. The van der Waals surface area contributed by atoms with Crippen LogP contribution in [-0.2, 0) is 9.53 Å². The first kappa shape index (κ1) is 14.2. The summed E-state index contributed by atoms with van der Waals surface area (Å²) in [6.07, 6.45) is 0. The van der Waals surface area contributed by atoms with Crippen molar-refractivity contribution in [3.8, 4) is 0 Å². The molecule has 0 aliphatic heterocycles. The molecule has 0 spiro atoms. The van der Waals surface area contributed by atoms with E-state index in [1.165, 1.54) is 6.92 Å². The Hall–Kier alpha value is -0.880. The van der Waals surface area contributed by atoms with Crippen molar-refractivity contribution in [2.24, 2.45) is 0 Å². The van der Waals surface area contributed by atoms with Crippen LogP contribution in [0.5, 0.6) is 0 Å². The van der Waals surface area contributed by atoms with Gasteiger partial charge in [-0.25, -0.2) is 4.79 Å². The van der Waals surface area contributed by atoms with Gasteiger partial charge >= 0.3 is 5.97 Å². The predicted molar refractivity (Wildman–Crippen MR) is 72.1 cm³/mol. The van der Waals surface area contributed by atoms with E-state index in [0.29, 0.717) is 26.8 Å². The van der Waals surface area contributed by atoms with Gasteiger partial charge in [0, 0.05) is 15.9 Å². The fraction of sp³-hybridized carbons (Fsp3) is 0.273. The second-order valence-electron chi connectivity index (χ2n) is 3.22. The van der Waals surface area contributed by atoms with E-state index >= 15 is 0 Å². The Kier molecular flexibility index (Phi) is 5.14. The number of halogens is 2. The van der Waals surface area contributed by atoms with Crippen LogP contribution in [0.1, 0.15) is 24.2 Å². The molecule has 0 saturated heterocycles. The van der Waals surface area contributed by atoms with Gasteiger partial charge in [0.15, 0.2) is 0 Å². The van der Waals surface area contributed by atoms with Crippen molar-refractivity contribution in [2.75, 3.05) is 11.9 Å². The molecule has 0 fully saturated rings. The molecule has 0 aliphatic rings. The molecule has 0 bridgehead atoms. The van der Waals surface area contributed by atoms with E-state index in [4.69, 9.17) is 4.74 Å². The lowest BCUT2D eigenvalue weighted by Gasteiger charge is -2.10. The van der Waals surface area contributed by atoms with Crippen LogP contribution in [0.4, 0.5) is 5.69 Å². The van der Waals surface area contributed by atoms with Crippen LogP contribution < -0.4 is 5.32 Å². The Morgan fingerprint density at radius 1 is 1.29 bits per heavy atom. The van der Waals surface area contributed by atoms with E-state index in [1.807, 2.05) is 0 Å². The number of amides is 1. The summed E-state index contributed by atoms with van der Waals surface area (Å²) in [5, 5.41) is 2.65. The lowest BCUT2D eigenvalue weighted by Crippen LogP contribution is -2.09. The molecule has 0 aromatic heterocycles. The molecule has 4 nitrogen and oxygen atoms in total. The van der Waals surface area contributed by atoms with E-state index in [-0.39, 0.29) is 5.91 Å². The second-order valence-corrected chi connectivity index (χ2v) is 4.93. The number of ether oxygens (including phenoxy) is 1. The average Bonchev–Trinajstić information content (AvgIpc) is 2.23. The predicted octanol–water partition coefficient (Wildman–Crippen LogP) is 3.35. The fourth-order valence-corrected chi connectivity index (χ4v) is 2.59. The largest absolute Gasteiger partial charge is 0.462 e. The zero-order valence-electron chi connectivity index (χ0n) is 9.34.